The van der Waals surface area contributed by atoms with Gasteiger partial charge in [-0.05, 0) is 0 Å². The van der Waals surface area contributed by atoms with Crippen molar-refractivity contribution in [2.24, 2.45) is 0 Å². The van der Waals surface area contributed by atoms with Crippen molar-refractivity contribution in [2.75, 3.05) is 0 Å². The molecule has 0 amide bonds. The van der Waals surface area contributed by atoms with Gasteiger partial charge < -0.3 is 9.59 Å². The fourth-order valence-electron chi connectivity index (χ4n) is 0. The second kappa shape index (κ2) is 7.03. The van der Waals surface area contributed by atoms with Gasteiger partial charge >= 0.3 is 20.4 Å². The molecule has 0 N–H and O–H groups in total. The SMILES string of the molecule is O=[C-]C(F)(F)F.O=[C-]C(F)(F)F.[Pd+2]. The molecular formula is C4F6O2Pd. The number of halogens is 6. The Labute approximate surface area is 81.9 Å². The molecule has 0 atom stereocenters. The molecule has 0 aromatic heterocycles. The fourth-order valence-corrected chi connectivity index (χ4v) is 0. The molecule has 0 unspecified atom stereocenters. The topological polar surface area (TPSA) is 34.1 Å². The summed E-state index contributed by atoms with van der Waals surface area (Å²) in [5.74, 6) is 0. The molecule has 2 nitrogen and oxygen atoms in total. The Morgan fingerprint density at radius 3 is 0.769 bits per heavy atom. The van der Waals surface area contributed by atoms with Crippen LogP contribution in [-0.4, -0.2) is 24.9 Å². The maximum Gasteiger partial charge on any atom is 2.00 e. The summed E-state index contributed by atoms with van der Waals surface area (Å²) in [4.78, 5) is 17.2. The Balaban J connectivity index is -0.000000143. The van der Waals surface area contributed by atoms with Crippen LogP contribution in [0.2, 0.25) is 0 Å². The second-order valence-electron chi connectivity index (χ2n) is 1.20. The summed E-state index contributed by atoms with van der Waals surface area (Å²) in [6.07, 6.45) is -9.82. The monoisotopic (exact) mass is 300 g/mol. The third-order valence-electron chi connectivity index (χ3n) is 0.231. The average Bonchev–Trinajstić information content (AvgIpc) is 1.86. The molecule has 0 heterocycles. The average molecular weight is 300 g/mol. The van der Waals surface area contributed by atoms with E-state index in [1.54, 1.807) is 0 Å². The van der Waals surface area contributed by atoms with Gasteiger partial charge in [0.1, 0.15) is 0 Å². The number of rotatable bonds is 0. The molecule has 0 aliphatic carbocycles. The summed E-state index contributed by atoms with van der Waals surface area (Å²) in [5, 5.41) is 0. The first-order chi connectivity index (χ1) is 5.12. The van der Waals surface area contributed by atoms with E-state index in [9.17, 15) is 26.3 Å². The van der Waals surface area contributed by atoms with Crippen molar-refractivity contribution < 1.29 is 56.4 Å². The predicted molar refractivity (Wildman–Crippen MR) is 23.5 cm³/mol. The Bertz CT molecular complexity index is 132. The van der Waals surface area contributed by atoms with Crippen molar-refractivity contribution in [3.63, 3.8) is 0 Å². The number of alkyl halides is 6. The van der Waals surface area contributed by atoms with Crippen molar-refractivity contribution in [2.45, 2.75) is 12.4 Å². The van der Waals surface area contributed by atoms with Gasteiger partial charge in [-0.2, -0.15) is 12.6 Å². The van der Waals surface area contributed by atoms with Crippen LogP contribution >= 0.6 is 0 Å². The zero-order chi connectivity index (χ0) is 10.4. The van der Waals surface area contributed by atoms with Crippen molar-refractivity contribution >= 4 is 12.6 Å². The largest absolute Gasteiger partial charge is 2.00 e. The summed E-state index contributed by atoms with van der Waals surface area (Å²) in [6, 6.07) is 0. The minimum absolute atomic E-state index is 0. The molecule has 0 radical (unpaired) electrons. The van der Waals surface area contributed by atoms with Crippen LogP contribution in [0.5, 0.6) is 0 Å². The van der Waals surface area contributed by atoms with E-state index in [4.69, 9.17) is 9.59 Å². The van der Waals surface area contributed by atoms with Gasteiger partial charge in [0.15, 0.2) is 0 Å². The Morgan fingerprint density at radius 2 is 0.769 bits per heavy atom. The van der Waals surface area contributed by atoms with Crippen LogP contribution in [0.15, 0.2) is 0 Å². The van der Waals surface area contributed by atoms with Crippen LogP contribution in [0.3, 0.4) is 0 Å². The zero-order valence-electron chi connectivity index (χ0n) is 5.40. The van der Waals surface area contributed by atoms with E-state index in [1.165, 1.54) is 0 Å². The molecule has 0 spiro atoms. The van der Waals surface area contributed by atoms with E-state index >= 15 is 0 Å². The Morgan fingerprint density at radius 1 is 0.692 bits per heavy atom. The first-order valence-corrected chi connectivity index (χ1v) is 2.04. The molecule has 13 heavy (non-hydrogen) atoms. The summed E-state index contributed by atoms with van der Waals surface area (Å²) < 4.78 is 62.2. The van der Waals surface area contributed by atoms with Crippen LogP contribution in [0.25, 0.3) is 0 Å². The fraction of sp³-hybridized carbons (Fsp3) is 0.500. The number of hydrogen-bond acceptors (Lipinski definition) is 2. The van der Waals surface area contributed by atoms with Gasteiger partial charge in [-0.1, -0.05) is 0 Å². The molecule has 0 saturated heterocycles. The summed E-state index contributed by atoms with van der Waals surface area (Å²) in [5.41, 5.74) is 0. The predicted octanol–water partition coefficient (Wildman–Crippen LogP) is 1.31. The molecule has 9 heteroatoms. The van der Waals surface area contributed by atoms with Crippen LogP contribution in [0.4, 0.5) is 26.3 Å². The van der Waals surface area contributed by atoms with Gasteiger partial charge in [0.05, 0.1) is 0 Å². The van der Waals surface area contributed by atoms with Gasteiger partial charge in [0.25, 0.3) is 12.4 Å². The smallest absolute Gasteiger partial charge is 0.533 e. The maximum atomic E-state index is 10.4. The van der Waals surface area contributed by atoms with E-state index in [-0.39, 0.29) is 33.0 Å². The van der Waals surface area contributed by atoms with E-state index in [2.05, 4.69) is 0 Å². The molecule has 0 aliphatic heterocycles. The standard InChI is InChI=1S/2C2F3O.Pd/c2*3-2(4,5)1-6;/q2*-1;+2. The number of carbonyl (C=O) groups excluding carboxylic acids is 2. The molecular weight excluding hydrogens is 300 g/mol. The molecule has 0 fully saturated rings. The van der Waals surface area contributed by atoms with E-state index in [0.717, 1.165) is 0 Å². The van der Waals surface area contributed by atoms with Crippen LogP contribution in [0, 0.1) is 0 Å². The minimum atomic E-state index is -4.76. The second-order valence-corrected chi connectivity index (χ2v) is 1.20. The first-order valence-electron chi connectivity index (χ1n) is 2.04. The van der Waals surface area contributed by atoms with E-state index in [0.29, 0.717) is 0 Å². The Hall–Kier alpha value is -0.418. The van der Waals surface area contributed by atoms with Crippen molar-refractivity contribution in [1.29, 1.82) is 0 Å². The summed E-state index contributed by atoms with van der Waals surface area (Å²) in [6.45, 7) is 0. The van der Waals surface area contributed by atoms with Gasteiger partial charge in [-0.15, -0.1) is 0 Å². The molecule has 0 rings (SSSR count). The summed E-state index contributed by atoms with van der Waals surface area (Å²) in [7, 11) is 0. The Kier molecular flexibility index (Phi) is 9.94. The molecule has 0 bridgehead atoms. The van der Waals surface area contributed by atoms with Crippen molar-refractivity contribution in [3.8, 4) is 0 Å². The maximum absolute atomic E-state index is 10.4. The van der Waals surface area contributed by atoms with Crippen LogP contribution in [0.1, 0.15) is 0 Å². The van der Waals surface area contributed by atoms with E-state index < -0.39 is 12.4 Å². The van der Waals surface area contributed by atoms with Crippen molar-refractivity contribution in [3.05, 3.63) is 0 Å². The quantitative estimate of drug-likeness (QED) is 0.384. The van der Waals surface area contributed by atoms with Gasteiger partial charge in [0, 0.05) is 0 Å². The summed E-state index contributed by atoms with van der Waals surface area (Å²) >= 11 is 0. The minimum Gasteiger partial charge on any atom is -0.533 e. The van der Waals surface area contributed by atoms with Gasteiger partial charge in [0.2, 0.25) is 0 Å². The molecule has 0 aromatic rings. The van der Waals surface area contributed by atoms with E-state index in [1.807, 2.05) is 0 Å². The van der Waals surface area contributed by atoms with Crippen molar-refractivity contribution in [1.82, 2.24) is 0 Å². The molecule has 0 saturated carbocycles. The third-order valence-corrected chi connectivity index (χ3v) is 0.231. The van der Waals surface area contributed by atoms with Gasteiger partial charge in [-0.25, -0.2) is 26.3 Å². The zero-order valence-corrected chi connectivity index (χ0v) is 6.96. The first kappa shape index (κ1) is 18.4. The molecule has 80 valence electrons. The normalized spacial score (nSPS) is 10.3. The number of hydrogen-bond donors (Lipinski definition) is 0. The van der Waals surface area contributed by atoms with Crippen LogP contribution < -0.4 is 0 Å². The molecule has 0 aromatic carbocycles. The molecule has 0 aliphatic rings. The van der Waals surface area contributed by atoms with Crippen LogP contribution in [-0.2, 0) is 30.0 Å². The third kappa shape index (κ3) is 34.1. The van der Waals surface area contributed by atoms with Gasteiger partial charge in [-0.3, -0.25) is 0 Å².